The Labute approximate surface area is 142 Å². The van der Waals surface area contributed by atoms with Gasteiger partial charge >= 0.3 is 0 Å². The predicted molar refractivity (Wildman–Crippen MR) is 100 cm³/mol. The summed E-state index contributed by atoms with van der Waals surface area (Å²) in [5, 5.41) is 10.8. The molecule has 2 aliphatic rings. The van der Waals surface area contributed by atoms with Gasteiger partial charge in [-0.05, 0) is 51.1 Å². The SMILES string of the molecule is CCCCCCNCCNC1=CCCC2CC=CC(NCC)=C12. The van der Waals surface area contributed by atoms with Crippen molar-refractivity contribution in [3.63, 3.8) is 0 Å². The highest BCUT2D eigenvalue weighted by Crippen LogP contribution is 2.36. The zero-order valence-electron chi connectivity index (χ0n) is 15.1. The molecule has 0 radical (unpaired) electrons. The molecular weight excluding hydrogens is 282 g/mol. The summed E-state index contributed by atoms with van der Waals surface area (Å²) in [5.41, 5.74) is 4.22. The first-order valence-electron chi connectivity index (χ1n) is 9.66. The smallest absolute Gasteiger partial charge is 0.0393 e. The Morgan fingerprint density at radius 3 is 2.78 bits per heavy atom. The fourth-order valence-electron chi connectivity index (χ4n) is 3.54. The molecule has 130 valence electrons. The summed E-state index contributed by atoms with van der Waals surface area (Å²) in [4.78, 5) is 0. The molecule has 0 bridgehead atoms. The molecule has 0 saturated heterocycles. The lowest BCUT2D eigenvalue weighted by atomic mass is 9.80. The van der Waals surface area contributed by atoms with Crippen molar-refractivity contribution in [1.82, 2.24) is 16.0 Å². The maximum Gasteiger partial charge on any atom is 0.0393 e. The molecule has 2 rings (SSSR count). The minimum absolute atomic E-state index is 0.698. The summed E-state index contributed by atoms with van der Waals surface area (Å²) in [5.74, 6) is 0.698. The van der Waals surface area contributed by atoms with Crippen LogP contribution in [-0.4, -0.2) is 26.2 Å². The normalized spacial score (nSPS) is 20.3. The number of hydrogen-bond donors (Lipinski definition) is 3. The van der Waals surface area contributed by atoms with Crippen molar-refractivity contribution in [3.05, 3.63) is 35.2 Å². The maximum absolute atomic E-state index is 3.68. The molecule has 1 atom stereocenters. The van der Waals surface area contributed by atoms with Gasteiger partial charge in [0.2, 0.25) is 0 Å². The molecule has 0 heterocycles. The first-order chi connectivity index (χ1) is 11.4. The van der Waals surface area contributed by atoms with Crippen molar-refractivity contribution >= 4 is 0 Å². The second-order valence-corrected chi connectivity index (χ2v) is 6.63. The highest BCUT2D eigenvalue weighted by atomic mass is 15.0. The molecule has 23 heavy (non-hydrogen) atoms. The number of hydrogen-bond acceptors (Lipinski definition) is 3. The first kappa shape index (κ1) is 18.1. The lowest BCUT2D eigenvalue weighted by molar-refractivity contribution is 0.524. The van der Waals surface area contributed by atoms with Gasteiger partial charge in [0.05, 0.1) is 0 Å². The van der Waals surface area contributed by atoms with Crippen molar-refractivity contribution in [3.8, 4) is 0 Å². The fourth-order valence-corrected chi connectivity index (χ4v) is 3.54. The number of unbranched alkanes of at least 4 members (excludes halogenated alkanes) is 3. The topological polar surface area (TPSA) is 36.1 Å². The van der Waals surface area contributed by atoms with E-state index in [0.29, 0.717) is 5.92 Å². The van der Waals surface area contributed by atoms with Gasteiger partial charge in [0, 0.05) is 36.6 Å². The second kappa shape index (κ2) is 10.5. The van der Waals surface area contributed by atoms with E-state index in [0.717, 1.165) is 26.2 Å². The van der Waals surface area contributed by atoms with Gasteiger partial charge in [-0.25, -0.2) is 0 Å². The number of rotatable bonds is 11. The molecular formula is C20H35N3. The predicted octanol–water partition coefficient (Wildman–Crippen LogP) is 3.86. The molecule has 1 unspecified atom stereocenters. The average molecular weight is 318 g/mol. The van der Waals surface area contributed by atoms with E-state index in [1.807, 2.05) is 0 Å². The van der Waals surface area contributed by atoms with Crippen molar-refractivity contribution in [2.75, 3.05) is 26.2 Å². The minimum atomic E-state index is 0.698. The zero-order chi connectivity index (χ0) is 16.3. The molecule has 0 aliphatic heterocycles. The highest BCUT2D eigenvalue weighted by molar-refractivity contribution is 5.44. The molecule has 0 aromatic rings. The average Bonchev–Trinajstić information content (AvgIpc) is 2.58. The van der Waals surface area contributed by atoms with Gasteiger partial charge < -0.3 is 16.0 Å². The van der Waals surface area contributed by atoms with Crippen molar-refractivity contribution in [2.24, 2.45) is 5.92 Å². The molecule has 2 aliphatic carbocycles. The third kappa shape index (κ3) is 5.72. The third-order valence-corrected chi connectivity index (χ3v) is 4.75. The van der Waals surface area contributed by atoms with Gasteiger partial charge in [-0.1, -0.05) is 38.3 Å². The van der Waals surface area contributed by atoms with Crippen LogP contribution < -0.4 is 16.0 Å². The van der Waals surface area contributed by atoms with Crippen LogP contribution in [0.3, 0.4) is 0 Å². The van der Waals surface area contributed by atoms with Crippen LogP contribution in [0.1, 0.15) is 58.8 Å². The van der Waals surface area contributed by atoms with Crippen LogP contribution >= 0.6 is 0 Å². The summed E-state index contributed by atoms with van der Waals surface area (Å²) in [7, 11) is 0. The Balaban J connectivity index is 1.77. The van der Waals surface area contributed by atoms with Crippen LogP contribution in [0, 0.1) is 5.92 Å². The van der Waals surface area contributed by atoms with Gasteiger partial charge in [0.1, 0.15) is 0 Å². The fraction of sp³-hybridized carbons (Fsp3) is 0.700. The molecule has 0 spiro atoms. The number of fused-ring (bicyclic) bond motifs is 1. The molecule has 0 fully saturated rings. The molecule has 3 heteroatoms. The monoisotopic (exact) mass is 317 g/mol. The summed E-state index contributed by atoms with van der Waals surface area (Å²) >= 11 is 0. The lowest BCUT2D eigenvalue weighted by Gasteiger charge is -2.31. The summed E-state index contributed by atoms with van der Waals surface area (Å²) in [6.07, 6.45) is 16.0. The second-order valence-electron chi connectivity index (χ2n) is 6.63. The van der Waals surface area contributed by atoms with E-state index in [-0.39, 0.29) is 0 Å². The molecule has 3 N–H and O–H groups in total. The standard InChI is InChI=1S/C20H35N3/c1-3-5-6-7-14-21-15-16-23-19-13-9-11-17-10-8-12-18(20(17)19)22-4-2/h8,12-13,17,21-23H,3-7,9-11,14-16H2,1-2H3. The van der Waals surface area contributed by atoms with E-state index in [9.17, 15) is 0 Å². The maximum atomic E-state index is 3.68. The van der Waals surface area contributed by atoms with Crippen LogP contribution in [-0.2, 0) is 0 Å². The van der Waals surface area contributed by atoms with Gasteiger partial charge in [-0.15, -0.1) is 0 Å². The van der Waals surface area contributed by atoms with Crippen LogP contribution in [0.15, 0.2) is 35.2 Å². The molecule has 0 aromatic carbocycles. The molecule has 3 nitrogen and oxygen atoms in total. The van der Waals surface area contributed by atoms with E-state index >= 15 is 0 Å². The van der Waals surface area contributed by atoms with Crippen LogP contribution in [0.2, 0.25) is 0 Å². The van der Waals surface area contributed by atoms with Crippen molar-refractivity contribution in [1.29, 1.82) is 0 Å². The Bertz CT molecular complexity index is 434. The molecule has 0 aromatic heterocycles. The van der Waals surface area contributed by atoms with Crippen molar-refractivity contribution in [2.45, 2.75) is 58.8 Å². The Kier molecular flexibility index (Phi) is 8.30. The van der Waals surface area contributed by atoms with E-state index < -0.39 is 0 Å². The number of allylic oxidation sites excluding steroid dienone is 4. The third-order valence-electron chi connectivity index (χ3n) is 4.75. The summed E-state index contributed by atoms with van der Waals surface area (Å²) in [6.45, 7) is 8.64. The number of nitrogens with one attached hydrogen (secondary N) is 3. The van der Waals surface area contributed by atoms with Crippen LogP contribution in [0.5, 0.6) is 0 Å². The molecule has 0 amide bonds. The van der Waals surface area contributed by atoms with Crippen LogP contribution in [0.25, 0.3) is 0 Å². The van der Waals surface area contributed by atoms with Crippen molar-refractivity contribution < 1.29 is 0 Å². The van der Waals surface area contributed by atoms with E-state index in [4.69, 9.17) is 0 Å². The van der Waals surface area contributed by atoms with Crippen LogP contribution in [0.4, 0.5) is 0 Å². The quantitative estimate of drug-likeness (QED) is 0.506. The van der Waals surface area contributed by atoms with E-state index in [2.05, 4.69) is 48.0 Å². The van der Waals surface area contributed by atoms with Gasteiger partial charge in [0.15, 0.2) is 0 Å². The van der Waals surface area contributed by atoms with Gasteiger partial charge in [-0.2, -0.15) is 0 Å². The Morgan fingerprint density at radius 2 is 1.96 bits per heavy atom. The Morgan fingerprint density at radius 1 is 1.04 bits per heavy atom. The van der Waals surface area contributed by atoms with Gasteiger partial charge in [0.25, 0.3) is 0 Å². The first-order valence-corrected chi connectivity index (χ1v) is 9.66. The Hall–Kier alpha value is -1.22. The summed E-state index contributed by atoms with van der Waals surface area (Å²) < 4.78 is 0. The highest BCUT2D eigenvalue weighted by Gasteiger charge is 2.25. The summed E-state index contributed by atoms with van der Waals surface area (Å²) in [6, 6.07) is 0. The number of likely N-dealkylation sites (N-methyl/N-ethyl adjacent to an activating group) is 1. The van der Waals surface area contributed by atoms with Gasteiger partial charge in [-0.3, -0.25) is 0 Å². The lowest BCUT2D eigenvalue weighted by Crippen LogP contribution is -2.32. The van der Waals surface area contributed by atoms with E-state index in [1.54, 1.807) is 0 Å². The zero-order valence-corrected chi connectivity index (χ0v) is 15.1. The van der Waals surface area contributed by atoms with E-state index in [1.165, 1.54) is 61.9 Å². The minimum Gasteiger partial charge on any atom is -0.385 e. The largest absolute Gasteiger partial charge is 0.385 e. The molecule has 0 saturated carbocycles.